The van der Waals surface area contributed by atoms with Crippen LogP contribution in [0.3, 0.4) is 0 Å². The van der Waals surface area contributed by atoms with Crippen LogP contribution >= 0.6 is 23.2 Å². The first-order valence-corrected chi connectivity index (χ1v) is 22.7. The van der Waals surface area contributed by atoms with Gasteiger partial charge in [-0.1, -0.05) is 170 Å². The fourth-order valence-corrected chi connectivity index (χ4v) is 9.47. The van der Waals surface area contributed by atoms with Crippen molar-refractivity contribution in [3.8, 4) is 11.1 Å². The summed E-state index contributed by atoms with van der Waals surface area (Å²) in [5, 5.41) is 12.4. The molecule has 1 fully saturated rings. The maximum Gasteiger partial charge on any atom is 0.407 e. The third-order valence-electron chi connectivity index (χ3n) is 12.0. The highest BCUT2D eigenvalue weighted by atomic mass is 35.5. The molecule has 1 aliphatic carbocycles. The number of halogens is 2. The molecule has 6 aromatic rings. The summed E-state index contributed by atoms with van der Waals surface area (Å²) in [5.74, 6) is -0.860. The molecule has 0 spiro atoms. The summed E-state index contributed by atoms with van der Waals surface area (Å²) in [6.07, 6.45) is 6.48. The molecule has 7 nitrogen and oxygen atoms in total. The maximum atomic E-state index is 13.6. The van der Waals surface area contributed by atoms with Gasteiger partial charge in [0.2, 0.25) is 5.91 Å². The van der Waals surface area contributed by atoms with E-state index >= 15 is 0 Å². The number of carboxylic acids is 1. The van der Waals surface area contributed by atoms with Crippen molar-refractivity contribution in [1.29, 1.82) is 0 Å². The van der Waals surface area contributed by atoms with Crippen molar-refractivity contribution in [2.24, 2.45) is 0 Å². The lowest BCUT2D eigenvalue weighted by atomic mass is 9.84. The maximum absolute atomic E-state index is 13.6. The standard InChI is InChI=1S/C35H40N2O5.C19H14Cl2/c38-33(39)16-4-1-3-11-25-17-19-26(20-18-25)23-32(34(40)37-21-9-2-10-22-37)36-35(41)42-24-31-29-14-7-5-12-27(29)28-13-6-8-15-30(28)31;20-18-14-8-7-13-17(18)19(21,15-9-3-1-4-10-15)16-11-5-2-6-12-16/h5-8,12-15,17-20,31-32H,1-4,9-11,16,21-24H2,(H,36,41)(H,38,39);1-14H/t32-;/m0./s1. The van der Waals surface area contributed by atoms with E-state index in [0.717, 1.165) is 71.9 Å². The van der Waals surface area contributed by atoms with Crippen LogP contribution in [0.5, 0.6) is 0 Å². The monoisotopic (exact) mass is 880 g/mol. The van der Waals surface area contributed by atoms with Gasteiger partial charge in [0, 0.05) is 42.4 Å². The Balaban J connectivity index is 0.000000236. The molecule has 0 aromatic heterocycles. The summed E-state index contributed by atoms with van der Waals surface area (Å²) in [7, 11) is 0. The molecule has 1 heterocycles. The van der Waals surface area contributed by atoms with Gasteiger partial charge in [-0.25, -0.2) is 4.79 Å². The van der Waals surface area contributed by atoms with Crippen molar-refractivity contribution in [1.82, 2.24) is 10.2 Å². The average Bonchev–Trinajstić information content (AvgIpc) is 3.65. The molecule has 0 radical (unpaired) electrons. The van der Waals surface area contributed by atoms with Gasteiger partial charge >= 0.3 is 12.1 Å². The molecule has 9 heteroatoms. The van der Waals surface area contributed by atoms with Crippen LogP contribution < -0.4 is 5.32 Å². The van der Waals surface area contributed by atoms with Crippen LogP contribution in [-0.4, -0.2) is 53.7 Å². The van der Waals surface area contributed by atoms with Gasteiger partial charge in [-0.3, -0.25) is 9.59 Å². The first kappa shape index (κ1) is 45.1. The minimum Gasteiger partial charge on any atom is -0.481 e. The number of alkyl halides is 1. The summed E-state index contributed by atoms with van der Waals surface area (Å²) >= 11 is 13.6. The molecule has 2 aliphatic rings. The molecule has 2 amide bonds. The Morgan fingerprint density at radius 1 is 0.667 bits per heavy atom. The van der Waals surface area contributed by atoms with Gasteiger partial charge in [0.1, 0.15) is 17.5 Å². The third-order valence-corrected chi connectivity index (χ3v) is 13.0. The summed E-state index contributed by atoms with van der Waals surface area (Å²) < 4.78 is 5.79. The molecule has 8 rings (SSSR count). The van der Waals surface area contributed by atoms with Gasteiger partial charge in [-0.2, -0.15) is 0 Å². The number of hydrogen-bond acceptors (Lipinski definition) is 4. The highest BCUT2D eigenvalue weighted by molar-refractivity contribution is 6.34. The highest BCUT2D eigenvalue weighted by Crippen LogP contribution is 2.46. The van der Waals surface area contributed by atoms with E-state index in [1.807, 2.05) is 126 Å². The average molecular weight is 882 g/mol. The number of fused-ring (bicyclic) bond motifs is 3. The number of piperidine rings is 1. The Kier molecular flexibility index (Phi) is 15.7. The van der Waals surface area contributed by atoms with Crippen molar-refractivity contribution in [3.05, 3.63) is 202 Å². The van der Waals surface area contributed by atoms with Gasteiger partial charge in [0.25, 0.3) is 0 Å². The third kappa shape index (κ3) is 11.4. The summed E-state index contributed by atoms with van der Waals surface area (Å²) in [6.45, 7) is 1.62. The second-order valence-corrected chi connectivity index (χ2v) is 17.2. The summed E-state index contributed by atoms with van der Waals surface area (Å²) in [6, 6.07) is 51.7. The van der Waals surface area contributed by atoms with Gasteiger partial charge < -0.3 is 20.1 Å². The Morgan fingerprint density at radius 2 is 1.21 bits per heavy atom. The predicted molar refractivity (Wildman–Crippen MR) is 252 cm³/mol. The molecule has 324 valence electrons. The second-order valence-electron chi connectivity index (χ2n) is 16.3. The van der Waals surface area contributed by atoms with Crippen molar-refractivity contribution >= 4 is 41.2 Å². The SMILES string of the molecule is Clc1ccccc1C(Cl)(c1ccccc1)c1ccccc1.O=C(O)CCCCCc1ccc(C[C@H](NC(=O)OCC2c3ccccc3-c3ccccc32)C(=O)N2CCCCC2)cc1. The number of aliphatic carboxylic acids is 1. The second kappa shape index (κ2) is 22.0. The van der Waals surface area contributed by atoms with E-state index in [-0.39, 0.29) is 24.9 Å². The number of unbranched alkanes of at least 4 members (excludes halogenated alkanes) is 2. The highest BCUT2D eigenvalue weighted by Gasteiger charge is 2.36. The lowest BCUT2D eigenvalue weighted by molar-refractivity contribution is -0.137. The van der Waals surface area contributed by atoms with Crippen LogP contribution in [0.2, 0.25) is 5.02 Å². The molecule has 0 bridgehead atoms. The Labute approximate surface area is 381 Å². The zero-order chi connectivity index (χ0) is 44.0. The Morgan fingerprint density at radius 3 is 1.79 bits per heavy atom. The van der Waals surface area contributed by atoms with Crippen molar-refractivity contribution in [2.75, 3.05) is 19.7 Å². The van der Waals surface area contributed by atoms with E-state index in [9.17, 15) is 14.4 Å². The Hall–Kier alpha value is -5.89. The number of likely N-dealkylation sites (tertiary alicyclic amines) is 1. The quantitative estimate of drug-likeness (QED) is 0.0608. The fraction of sp³-hybridized carbons (Fsp3) is 0.278. The molecule has 0 unspecified atom stereocenters. The molecular formula is C54H54Cl2N2O5. The number of hydrogen-bond donors (Lipinski definition) is 2. The van der Waals surface area contributed by atoms with Crippen LogP contribution in [-0.2, 0) is 32.0 Å². The van der Waals surface area contributed by atoms with Crippen LogP contribution in [0.25, 0.3) is 11.1 Å². The van der Waals surface area contributed by atoms with E-state index in [0.29, 0.717) is 31.0 Å². The fourth-order valence-electron chi connectivity index (χ4n) is 8.73. The molecule has 1 saturated heterocycles. The van der Waals surface area contributed by atoms with E-state index in [4.69, 9.17) is 33.0 Å². The largest absolute Gasteiger partial charge is 0.481 e. The minimum absolute atomic E-state index is 0.0453. The first-order valence-electron chi connectivity index (χ1n) is 22.0. The number of benzene rings is 6. The number of carbonyl (C=O) groups is 3. The van der Waals surface area contributed by atoms with E-state index in [2.05, 4.69) is 41.7 Å². The molecule has 6 aromatic carbocycles. The van der Waals surface area contributed by atoms with Gasteiger partial charge in [0.15, 0.2) is 0 Å². The zero-order valence-electron chi connectivity index (χ0n) is 35.4. The number of ether oxygens (including phenoxy) is 1. The number of nitrogens with zero attached hydrogens (tertiary/aromatic N) is 1. The molecule has 63 heavy (non-hydrogen) atoms. The zero-order valence-corrected chi connectivity index (χ0v) is 36.9. The first-order chi connectivity index (χ1) is 30.7. The van der Waals surface area contributed by atoms with Gasteiger partial charge in [-0.05, 0) is 89.1 Å². The van der Waals surface area contributed by atoms with Crippen LogP contribution in [0, 0.1) is 0 Å². The predicted octanol–water partition coefficient (Wildman–Crippen LogP) is 12.2. The van der Waals surface area contributed by atoms with E-state index in [1.54, 1.807) is 0 Å². The van der Waals surface area contributed by atoms with Gasteiger partial charge in [0.05, 0.1) is 0 Å². The topological polar surface area (TPSA) is 95.9 Å². The smallest absolute Gasteiger partial charge is 0.407 e. The molecule has 1 aliphatic heterocycles. The number of carboxylic acid groups (broad SMARTS) is 1. The molecular weight excluding hydrogens is 828 g/mol. The number of rotatable bonds is 15. The number of carbonyl (C=O) groups excluding carboxylic acids is 2. The minimum atomic E-state index is -0.791. The van der Waals surface area contributed by atoms with Crippen LogP contribution in [0.4, 0.5) is 4.79 Å². The van der Waals surface area contributed by atoms with Crippen LogP contribution in [0.15, 0.2) is 158 Å². The summed E-state index contributed by atoms with van der Waals surface area (Å²) in [4.78, 5) is 38.5. The summed E-state index contributed by atoms with van der Waals surface area (Å²) in [5.41, 5.74) is 9.69. The number of aryl methyl sites for hydroxylation is 1. The van der Waals surface area contributed by atoms with Crippen molar-refractivity contribution in [3.63, 3.8) is 0 Å². The Bertz CT molecular complexity index is 2350. The van der Waals surface area contributed by atoms with Crippen molar-refractivity contribution in [2.45, 2.75) is 74.6 Å². The van der Waals surface area contributed by atoms with Crippen molar-refractivity contribution < 1.29 is 24.2 Å². The number of nitrogens with one attached hydrogen (secondary N) is 1. The van der Waals surface area contributed by atoms with Gasteiger partial charge in [-0.15, -0.1) is 11.6 Å². The number of alkyl carbamates (subject to hydrolysis) is 1. The number of amides is 2. The normalized spacial score (nSPS) is 13.8. The van der Waals surface area contributed by atoms with E-state index in [1.165, 1.54) is 16.7 Å². The molecule has 1 atom stereocenters. The lowest BCUT2D eigenvalue weighted by Crippen LogP contribution is -2.51. The lowest BCUT2D eigenvalue weighted by Gasteiger charge is -2.30. The molecule has 2 N–H and O–H groups in total. The van der Waals surface area contributed by atoms with Crippen LogP contribution in [0.1, 0.15) is 89.8 Å². The molecule has 0 saturated carbocycles. The van der Waals surface area contributed by atoms with E-state index < -0.39 is 23.0 Å².